The van der Waals surface area contributed by atoms with E-state index >= 15 is 0 Å². The highest BCUT2D eigenvalue weighted by Gasteiger charge is 2.59. The highest BCUT2D eigenvalue weighted by atomic mass is 16.5. The first-order chi connectivity index (χ1) is 12.3. The van der Waals surface area contributed by atoms with E-state index in [0.717, 1.165) is 36.5 Å². The molecule has 146 valence electrons. The number of hydrogen-bond acceptors (Lipinski definition) is 3. The number of esters is 1. The Balaban J connectivity index is 1.61. The molecule has 0 amide bonds. The SMILES string of the molecule is CC[C@H]1CC[C@H]2[C@@H]3CC=C4C[C@@H](OC(C)=O)[C@H](N)C[C@]4(C)[C@H]3CC[C@]12C. The molecule has 8 atom stereocenters. The standard InChI is InChI=1S/C23H37NO2/c1-5-15-7-9-18-17-8-6-16-12-21(26-14(2)25)20(24)13-23(16,4)19(17)10-11-22(15,18)3/h6,15,17-21H,5,7-13,24H2,1-4H3/t15-,17-,18-,19-,20+,21+,22+,23-/m0/s1. The molecule has 3 heteroatoms. The number of ether oxygens (including phenoxy) is 1. The summed E-state index contributed by atoms with van der Waals surface area (Å²) >= 11 is 0. The Kier molecular flexibility index (Phi) is 4.53. The van der Waals surface area contributed by atoms with Gasteiger partial charge in [-0.05, 0) is 73.0 Å². The van der Waals surface area contributed by atoms with Crippen molar-refractivity contribution < 1.29 is 9.53 Å². The van der Waals surface area contributed by atoms with Gasteiger partial charge in [-0.25, -0.2) is 0 Å². The van der Waals surface area contributed by atoms with Crippen LogP contribution in [0.15, 0.2) is 11.6 Å². The number of fused-ring (bicyclic) bond motifs is 5. The average Bonchev–Trinajstić information content (AvgIpc) is 2.91. The molecule has 0 aliphatic heterocycles. The van der Waals surface area contributed by atoms with E-state index in [0.29, 0.717) is 5.41 Å². The van der Waals surface area contributed by atoms with Crippen molar-refractivity contribution in [3.8, 4) is 0 Å². The number of rotatable bonds is 2. The van der Waals surface area contributed by atoms with Crippen molar-refractivity contribution in [1.29, 1.82) is 0 Å². The maximum absolute atomic E-state index is 11.4. The molecule has 4 aliphatic carbocycles. The van der Waals surface area contributed by atoms with E-state index in [9.17, 15) is 4.79 Å². The zero-order valence-corrected chi connectivity index (χ0v) is 17.1. The van der Waals surface area contributed by atoms with Crippen LogP contribution in [-0.4, -0.2) is 18.1 Å². The van der Waals surface area contributed by atoms with E-state index in [2.05, 4.69) is 26.8 Å². The first-order valence-corrected chi connectivity index (χ1v) is 10.9. The molecule has 0 heterocycles. The van der Waals surface area contributed by atoms with Gasteiger partial charge < -0.3 is 10.5 Å². The van der Waals surface area contributed by atoms with Crippen LogP contribution >= 0.6 is 0 Å². The smallest absolute Gasteiger partial charge is 0.302 e. The first-order valence-electron chi connectivity index (χ1n) is 10.9. The summed E-state index contributed by atoms with van der Waals surface area (Å²) in [6.45, 7) is 8.95. The van der Waals surface area contributed by atoms with Crippen LogP contribution in [0, 0.1) is 34.5 Å². The van der Waals surface area contributed by atoms with Gasteiger partial charge in [-0.2, -0.15) is 0 Å². The van der Waals surface area contributed by atoms with Crippen molar-refractivity contribution in [3.63, 3.8) is 0 Å². The second-order valence-electron chi connectivity index (χ2n) is 10.2. The molecular weight excluding hydrogens is 322 g/mol. The number of hydrogen-bond donors (Lipinski definition) is 1. The van der Waals surface area contributed by atoms with E-state index < -0.39 is 0 Å². The minimum absolute atomic E-state index is 0.0277. The summed E-state index contributed by atoms with van der Waals surface area (Å²) in [5, 5.41) is 0. The fourth-order valence-electron chi connectivity index (χ4n) is 7.87. The molecule has 0 bridgehead atoms. The van der Waals surface area contributed by atoms with Gasteiger partial charge in [-0.3, -0.25) is 4.79 Å². The van der Waals surface area contributed by atoms with E-state index in [1.807, 2.05) is 0 Å². The van der Waals surface area contributed by atoms with Crippen LogP contribution in [0.25, 0.3) is 0 Å². The van der Waals surface area contributed by atoms with Gasteiger partial charge in [0.25, 0.3) is 0 Å². The largest absolute Gasteiger partial charge is 0.461 e. The van der Waals surface area contributed by atoms with Crippen LogP contribution in [0.5, 0.6) is 0 Å². The molecule has 3 fully saturated rings. The van der Waals surface area contributed by atoms with Gasteiger partial charge in [0.05, 0.1) is 0 Å². The van der Waals surface area contributed by atoms with Gasteiger partial charge in [0, 0.05) is 19.4 Å². The highest BCUT2D eigenvalue weighted by Crippen LogP contribution is 2.66. The van der Waals surface area contributed by atoms with Crippen LogP contribution in [0.2, 0.25) is 0 Å². The van der Waals surface area contributed by atoms with Crippen molar-refractivity contribution in [1.82, 2.24) is 0 Å². The number of carbonyl (C=O) groups excluding carboxylic acids is 1. The van der Waals surface area contributed by atoms with Crippen LogP contribution in [0.1, 0.15) is 79.1 Å². The normalized spacial score (nSPS) is 50.3. The molecule has 0 radical (unpaired) electrons. The van der Waals surface area contributed by atoms with Gasteiger partial charge in [0.2, 0.25) is 0 Å². The summed E-state index contributed by atoms with van der Waals surface area (Å²) in [6, 6.07) is -0.0277. The Morgan fingerprint density at radius 3 is 2.73 bits per heavy atom. The molecule has 2 N–H and O–H groups in total. The average molecular weight is 360 g/mol. The Labute approximate surface area is 159 Å². The molecule has 0 aromatic rings. The van der Waals surface area contributed by atoms with Crippen LogP contribution in [0.4, 0.5) is 0 Å². The van der Waals surface area contributed by atoms with Crippen LogP contribution < -0.4 is 5.73 Å². The third-order valence-electron chi connectivity index (χ3n) is 9.19. The molecule has 0 spiro atoms. The molecule has 4 aliphatic rings. The second-order valence-corrected chi connectivity index (χ2v) is 10.2. The lowest BCUT2D eigenvalue weighted by molar-refractivity contribution is -0.150. The Morgan fingerprint density at radius 2 is 2.04 bits per heavy atom. The molecule has 0 aromatic carbocycles. The molecule has 26 heavy (non-hydrogen) atoms. The van der Waals surface area contributed by atoms with E-state index in [1.165, 1.54) is 51.0 Å². The Morgan fingerprint density at radius 1 is 1.27 bits per heavy atom. The summed E-state index contributed by atoms with van der Waals surface area (Å²) in [5.41, 5.74) is 8.82. The third-order valence-corrected chi connectivity index (χ3v) is 9.19. The summed E-state index contributed by atoms with van der Waals surface area (Å²) in [4.78, 5) is 11.4. The second kappa shape index (κ2) is 6.36. The molecular formula is C23H37NO2. The third kappa shape index (κ3) is 2.60. The molecule has 0 saturated heterocycles. The topological polar surface area (TPSA) is 52.3 Å². The predicted octanol–water partition coefficient (Wildman–Crippen LogP) is 4.84. The lowest BCUT2D eigenvalue weighted by Crippen LogP contribution is -2.55. The summed E-state index contributed by atoms with van der Waals surface area (Å²) in [7, 11) is 0. The number of allylic oxidation sites excluding steroid dienone is 1. The van der Waals surface area contributed by atoms with Crippen molar-refractivity contribution in [2.24, 2.45) is 40.2 Å². The lowest BCUT2D eigenvalue weighted by Gasteiger charge is -2.59. The molecule has 3 nitrogen and oxygen atoms in total. The van der Waals surface area contributed by atoms with Crippen molar-refractivity contribution in [2.45, 2.75) is 91.2 Å². The van der Waals surface area contributed by atoms with Crippen molar-refractivity contribution >= 4 is 5.97 Å². The molecule has 3 saturated carbocycles. The van der Waals surface area contributed by atoms with E-state index in [-0.39, 0.29) is 23.5 Å². The molecule has 0 unspecified atom stereocenters. The minimum atomic E-state index is -0.201. The maximum Gasteiger partial charge on any atom is 0.302 e. The Hall–Kier alpha value is -0.830. The zero-order chi connectivity index (χ0) is 18.7. The molecule has 0 aromatic heterocycles. The zero-order valence-electron chi connectivity index (χ0n) is 17.1. The summed E-state index contributed by atoms with van der Waals surface area (Å²) in [5.74, 6) is 3.21. The molecule has 4 rings (SSSR count). The van der Waals surface area contributed by atoms with Crippen LogP contribution in [0.3, 0.4) is 0 Å². The van der Waals surface area contributed by atoms with Gasteiger partial charge in [-0.15, -0.1) is 0 Å². The summed E-state index contributed by atoms with van der Waals surface area (Å²) in [6.07, 6.45) is 12.4. The number of nitrogens with two attached hydrogens (primary N) is 1. The predicted molar refractivity (Wildman–Crippen MR) is 104 cm³/mol. The van der Waals surface area contributed by atoms with Gasteiger partial charge in [0.1, 0.15) is 6.10 Å². The van der Waals surface area contributed by atoms with Gasteiger partial charge >= 0.3 is 5.97 Å². The summed E-state index contributed by atoms with van der Waals surface area (Å²) < 4.78 is 5.54. The minimum Gasteiger partial charge on any atom is -0.461 e. The van der Waals surface area contributed by atoms with Crippen molar-refractivity contribution in [3.05, 3.63) is 11.6 Å². The fraction of sp³-hybridized carbons (Fsp3) is 0.870. The number of carbonyl (C=O) groups is 1. The quantitative estimate of drug-likeness (QED) is 0.567. The fourth-order valence-corrected chi connectivity index (χ4v) is 7.87. The van der Waals surface area contributed by atoms with Crippen LogP contribution in [-0.2, 0) is 9.53 Å². The highest BCUT2D eigenvalue weighted by molar-refractivity contribution is 5.66. The van der Waals surface area contributed by atoms with Gasteiger partial charge in [0.15, 0.2) is 0 Å². The monoisotopic (exact) mass is 359 g/mol. The lowest BCUT2D eigenvalue weighted by atomic mass is 9.47. The van der Waals surface area contributed by atoms with E-state index in [1.54, 1.807) is 0 Å². The first kappa shape index (κ1) is 18.5. The maximum atomic E-state index is 11.4. The van der Waals surface area contributed by atoms with Crippen molar-refractivity contribution in [2.75, 3.05) is 0 Å². The Bertz CT molecular complexity index is 613. The van der Waals surface area contributed by atoms with Gasteiger partial charge in [-0.1, -0.05) is 38.8 Å². The van der Waals surface area contributed by atoms with E-state index in [4.69, 9.17) is 10.5 Å².